The Bertz CT molecular complexity index is 350. The molecule has 1 heterocycles. The molecule has 84 valence electrons. The number of nitrogens with zero attached hydrogens (tertiary/aromatic N) is 2. The van der Waals surface area contributed by atoms with Gasteiger partial charge in [0.05, 0.1) is 17.9 Å². The number of carboxylic acid groups (broad SMARTS) is 1. The molecule has 0 fully saturated rings. The Morgan fingerprint density at radius 1 is 1.60 bits per heavy atom. The second-order valence-electron chi connectivity index (χ2n) is 4.99. The smallest absolute Gasteiger partial charge is 0.307 e. The van der Waals surface area contributed by atoms with Gasteiger partial charge in [0.1, 0.15) is 0 Å². The molecule has 1 aromatic rings. The highest BCUT2D eigenvalue weighted by atomic mass is 16.4. The molecular formula is C11H18N2O2. The van der Waals surface area contributed by atoms with Crippen LogP contribution in [0, 0.1) is 11.3 Å². The van der Waals surface area contributed by atoms with Gasteiger partial charge in [-0.05, 0) is 5.41 Å². The van der Waals surface area contributed by atoms with Crippen LogP contribution < -0.4 is 0 Å². The van der Waals surface area contributed by atoms with E-state index < -0.39 is 11.9 Å². The Kier molecular flexibility index (Phi) is 3.17. The highest BCUT2D eigenvalue weighted by molar-refractivity contribution is 5.71. The topological polar surface area (TPSA) is 55.1 Å². The molecule has 15 heavy (non-hydrogen) atoms. The molecule has 0 aliphatic heterocycles. The van der Waals surface area contributed by atoms with Gasteiger partial charge in [-0.25, -0.2) is 4.98 Å². The van der Waals surface area contributed by atoms with Crippen molar-refractivity contribution in [2.45, 2.75) is 27.2 Å². The zero-order valence-corrected chi connectivity index (χ0v) is 9.69. The lowest BCUT2D eigenvalue weighted by Gasteiger charge is -2.26. The molecule has 0 aromatic carbocycles. The molecule has 0 saturated heterocycles. The van der Waals surface area contributed by atoms with Crippen LogP contribution in [-0.4, -0.2) is 20.6 Å². The monoisotopic (exact) mass is 210 g/mol. The third-order valence-corrected chi connectivity index (χ3v) is 2.52. The summed E-state index contributed by atoms with van der Waals surface area (Å²) in [6, 6.07) is 0. The first-order chi connectivity index (χ1) is 6.80. The van der Waals surface area contributed by atoms with Crippen molar-refractivity contribution in [2.75, 3.05) is 0 Å². The van der Waals surface area contributed by atoms with E-state index in [0.29, 0.717) is 6.42 Å². The summed E-state index contributed by atoms with van der Waals surface area (Å²) < 4.78 is 1.83. The Balaban J connectivity index is 2.81. The normalized spacial score (nSPS) is 13.9. The van der Waals surface area contributed by atoms with Gasteiger partial charge in [-0.1, -0.05) is 20.8 Å². The van der Waals surface area contributed by atoms with Crippen molar-refractivity contribution in [2.24, 2.45) is 18.4 Å². The highest BCUT2D eigenvalue weighted by Gasteiger charge is 2.31. The Morgan fingerprint density at radius 2 is 2.20 bits per heavy atom. The first-order valence-corrected chi connectivity index (χ1v) is 5.00. The van der Waals surface area contributed by atoms with Crippen LogP contribution in [0.3, 0.4) is 0 Å². The van der Waals surface area contributed by atoms with Crippen molar-refractivity contribution >= 4 is 5.97 Å². The van der Waals surface area contributed by atoms with Crippen molar-refractivity contribution in [3.05, 3.63) is 18.2 Å². The van der Waals surface area contributed by atoms with E-state index in [2.05, 4.69) is 4.98 Å². The summed E-state index contributed by atoms with van der Waals surface area (Å²) in [5.41, 5.74) is 0.586. The number of aryl methyl sites for hydroxylation is 1. The van der Waals surface area contributed by atoms with Gasteiger partial charge in [0.25, 0.3) is 0 Å². The molecule has 1 aromatic heterocycles. The maximum absolute atomic E-state index is 11.1. The van der Waals surface area contributed by atoms with E-state index in [9.17, 15) is 4.79 Å². The summed E-state index contributed by atoms with van der Waals surface area (Å²) >= 11 is 0. The lowest BCUT2D eigenvalue weighted by atomic mass is 9.78. The Morgan fingerprint density at radius 3 is 2.53 bits per heavy atom. The number of carboxylic acids is 1. The fourth-order valence-electron chi connectivity index (χ4n) is 1.55. The van der Waals surface area contributed by atoms with Crippen LogP contribution >= 0.6 is 0 Å². The van der Waals surface area contributed by atoms with Gasteiger partial charge in [0.2, 0.25) is 0 Å². The lowest BCUT2D eigenvalue weighted by molar-refractivity contribution is -0.145. The molecule has 0 saturated carbocycles. The largest absolute Gasteiger partial charge is 0.481 e. The fraction of sp³-hybridized carbons (Fsp3) is 0.636. The minimum atomic E-state index is -0.756. The van der Waals surface area contributed by atoms with Crippen molar-refractivity contribution in [1.29, 1.82) is 0 Å². The van der Waals surface area contributed by atoms with Crippen LogP contribution in [-0.2, 0) is 18.3 Å². The highest BCUT2D eigenvalue weighted by Crippen LogP contribution is 2.28. The minimum absolute atomic E-state index is 0.247. The molecule has 4 heteroatoms. The van der Waals surface area contributed by atoms with E-state index in [0.717, 1.165) is 5.69 Å². The standard InChI is InChI=1S/C11H18N2O2/c1-11(2,3)9(10(14)15)5-8-6-13(4)7-12-8/h6-7,9H,5H2,1-4H3,(H,14,15). The van der Waals surface area contributed by atoms with Gasteiger partial charge in [-0.15, -0.1) is 0 Å². The predicted octanol–water partition coefficient (Wildman–Crippen LogP) is 1.71. The molecule has 1 rings (SSSR count). The summed E-state index contributed by atoms with van der Waals surface area (Å²) in [7, 11) is 1.88. The molecule has 4 nitrogen and oxygen atoms in total. The van der Waals surface area contributed by atoms with Crippen LogP contribution in [0.15, 0.2) is 12.5 Å². The van der Waals surface area contributed by atoms with Crippen LogP contribution in [0.4, 0.5) is 0 Å². The van der Waals surface area contributed by atoms with Gasteiger partial charge in [-0.2, -0.15) is 0 Å². The van der Waals surface area contributed by atoms with Crippen LogP contribution in [0.5, 0.6) is 0 Å². The number of carbonyl (C=O) groups is 1. The third kappa shape index (κ3) is 3.08. The molecule has 0 aliphatic carbocycles. The summed E-state index contributed by atoms with van der Waals surface area (Å²) in [6.45, 7) is 5.82. The number of hydrogen-bond donors (Lipinski definition) is 1. The van der Waals surface area contributed by atoms with Crippen LogP contribution in [0.1, 0.15) is 26.5 Å². The number of rotatable bonds is 3. The average molecular weight is 210 g/mol. The molecule has 0 spiro atoms. The van der Waals surface area contributed by atoms with Crippen molar-refractivity contribution in [3.8, 4) is 0 Å². The third-order valence-electron chi connectivity index (χ3n) is 2.52. The van der Waals surface area contributed by atoms with E-state index >= 15 is 0 Å². The van der Waals surface area contributed by atoms with E-state index in [1.807, 2.05) is 38.6 Å². The van der Waals surface area contributed by atoms with Crippen molar-refractivity contribution < 1.29 is 9.90 Å². The lowest BCUT2D eigenvalue weighted by Crippen LogP contribution is -2.30. The molecular weight excluding hydrogens is 192 g/mol. The summed E-state index contributed by atoms with van der Waals surface area (Å²) in [4.78, 5) is 15.3. The van der Waals surface area contributed by atoms with Crippen LogP contribution in [0.25, 0.3) is 0 Å². The number of imidazole rings is 1. The molecule has 0 amide bonds. The fourth-order valence-corrected chi connectivity index (χ4v) is 1.55. The second kappa shape index (κ2) is 4.04. The second-order valence-corrected chi connectivity index (χ2v) is 4.99. The van der Waals surface area contributed by atoms with Crippen LogP contribution in [0.2, 0.25) is 0 Å². The molecule has 1 N–H and O–H groups in total. The Labute approximate surface area is 89.9 Å². The quantitative estimate of drug-likeness (QED) is 0.826. The van der Waals surface area contributed by atoms with E-state index in [4.69, 9.17) is 5.11 Å². The SMILES string of the molecule is Cn1cnc(CC(C(=O)O)C(C)(C)C)c1. The summed E-state index contributed by atoms with van der Waals surface area (Å²) in [6.07, 6.45) is 4.04. The molecule has 0 bridgehead atoms. The van der Waals surface area contributed by atoms with Gasteiger partial charge in [0.15, 0.2) is 0 Å². The predicted molar refractivity (Wildman–Crippen MR) is 57.5 cm³/mol. The minimum Gasteiger partial charge on any atom is -0.481 e. The number of hydrogen-bond acceptors (Lipinski definition) is 2. The molecule has 0 aliphatic rings. The zero-order chi connectivity index (χ0) is 11.6. The maximum Gasteiger partial charge on any atom is 0.307 e. The van der Waals surface area contributed by atoms with E-state index in [1.165, 1.54) is 0 Å². The molecule has 1 unspecified atom stereocenters. The molecule has 1 atom stereocenters. The molecule has 0 radical (unpaired) electrons. The first kappa shape index (κ1) is 11.8. The Hall–Kier alpha value is -1.32. The van der Waals surface area contributed by atoms with E-state index in [-0.39, 0.29) is 5.41 Å². The number of aliphatic carboxylic acids is 1. The maximum atomic E-state index is 11.1. The first-order valence-electron chi connectivity index (χ1n) is 5.00. The van der Waals surface area contributed by atoms with Gasteiger partial charge in [0, 0.05) is 19.7 Å². The van der Waals surface area contributed by atoms with Crippen molar-refractivity contribution in [3.63, 3.8) is 0 Å². The van der Waals surface area contributed by atoms with Gasteiger partial charge in [-0.3, -0.25) is 4.79 Å². The van der Waals surface area contributed by atoms with Gasteiger partial charge >= 0.3 is 5.97 Å². The van der Waals surface area contributed by atoms with Crippen molar-refractivity contribution in [1.82, 2.24) is 9.55 Å². The summed E-state index contributed by atoms with van der Waals surface area (Å²) in [5, 5.41) is 9.14. The van der Waals surface area contributed by atoms with E-state index in [1.54, 1.807) is 6.33 Å². The average Bonchev–Trinajstić information content (AvgIpc) is 2.44. The number of aromatic nitrogens is 2. The van der Waals surface area contributed by atoms with Gasteiger partial charge < -0.3 is 9.67 Å². The summed E-state index contributed by atoms with van der Waals surface area (Å²) in [5.74, 6) is -1.15. The zero-order valence-electron chi connectivity index (χ0n) is 9.69.